The van der Waals surface area contributed by atoms with E-state index in [4.69, 9.17) is 28.2 Å². The van der Waals surface area contributed by atoms with Gasteiger partial charge in [-0.15, -0.1) is 11.3 Å². The Morgan fingerprint density at radius 1 is 1.10 bits per heavy atom. The van der Waals surface area contributed by atoms with E-state index in [2.05, 4.69) is 30.9 Å². The van der Waals surface area contributed by atoms with E-state index in [-0.39, 0.29) is 6.42 Å². The van der Waals surface area contributed by atoms with E-state index in [1.807, 2.05) is 30.3 Å². The lowest BCUT2D eigenvalue weighted by Gasteiger charge is -2.21. The number of carbonyl (C=O) groups is 1. The van der Waals surface area contributed by atoms with Gasteiger partial charge in [-0.25, -0.2) is 4.98 Å². The minimum absolute atomic E-state index is 0.0655. The van der Waals surface area contributed by atoms with Crippen LogP contribution in [0.2, 0.25) is 10.0 Å². The third-order valence-corrected chi connectivity index (χ3v) is 6.73. The minimum atomic E-state index is -0.812. The van der Waals surface area contributed by atoms with Gasteiger partial charge in [-0.05, 0) is 36.5 Å². The smallest absolute Gasteiger partial charge is 0.305 e. The Morgan fingerprint density at radius 2 is 1.84 bits per heavy atom. The molecule has 0 amide bonds. The second-order valence-electron chi connectivity index (χ2n) is 7.86. The van der Waals surface area contributed by atoms with Gasteiger partial charge >= 0.3 is 5.97 Å². The molecule has 0 aliphatic carbocycles. The number of carboxylic acids is 1. The highest BCUT2D eigenvalue weighted by atomic mass is 35.5. The van der Waals surface area contributed by atoms with Crippen molar-refractivity contribution in [1.29, 1.82) is 0 Å². The largest absolute Gasteiger partial charge is 0.481 e. The zero-order valence-corrected chi connectivity index (χ0v) is 20.0. The maximum atomic E-state index is 11.2. The lowest BCUT2D eigenvalue weighted by atomic mass is 10.0. The predicted molar refractivity (Wildman–Crippen MR) is 131 cm³/mol. The van der Waals surface area contributed by atoms with Crippen LogP contribution < -0.4 is 4.90 Å². The topological polar surface area (TPSA) is 53.4 Å². The zero-order chi connectivity index (χ0) is 22.4. The highest BCUT2D eigenvalue weighted by molar-refractivity contribution is 7.16. The maximum Gasteiger partial charge on any atom is 0.305 e. The van der Waals surface area contributed by atoms with E-state index in [0.717, 1.165) is 29.2 Å². The van der Waals surface area contributed by atoms with Crippen LogP contribution in [0.5, 0.6) is 0 Å². The maximum absolute atomic E-state index is 11.2. The number of hydrogen-bond acceptors (Lipinski definition) is 4. The molecule has 1 N–H and O–H groups in total. The van der Waals surface area contributed by atoms with Gasteiger partial charge in [-0.1, -0.05) is 73.4 Å². The van der Waals surface area contributed by atoms with Crippen LogP contribution in [0.1, 0.15) is 30.7 Å². The molecule has 0 bridgehead atoms. The van der Waals surface area contributed by atoms with Crippen molar-refractivity contribution in [3.05, 3.63) is 69.0 Å². The Balaban J connectivity index is 1.93. The van der Waals surface area contributed by atoms with E-state index < -0.39 is 5.97 Å². The number of aromatic nitrogens is 1. The van der Waals surface area contributed by atoms with Gasteiger partial charge in [-0.2, -0.15) is 0 Å². The molecule has 2 aromatic carbocycles. The van der Waals surface area contributed by atoms with E-state index >= 15 is 0 Å². The van der Waals surface area contributed by atoms with Crippen LogP contribution in [0.25, 0.3) is 11.3 Å². The van der Waals surface area contributed by atoms with Gasteiger partial charge in [0.25, 0.3) is 0 Å². The third-order valence-electron chi connectivity index (χ3n) is 4.85. The van der Waals surface area contributed by atoms with Crippen LogP contribution in [-0.4, -0.2) is 29.1 Å². The molecule has 1 aromatic heterocycles. The fraction of sp³-hybridized carbons (Fsp3) is 0.333. The van der Waals surface area contributed by atoms with Crippen LogP contribution in [0.3, 0.4) is 0 Å². The lowest BCUT2D eigenvalue weighted by molar-refractivity contribution is -0.136. The molecule has 7 heteroatoms. The highest BCUT2D eigenvalue weighted by Crippen LogP contribution is 2.37. The van der Waals surface area contributed by atoms with Crippen molar-refractivity contribution in [2.45, 2.75) is 33.1 Å². The molecule has 31 heavy (non-hydrogen) atoms. The predicted octanol–water partition coefficient (Wildman–Crippen LogP) is 6.84. The highest BCUT2D eigenvalue weighted by Gasteiger charge is 2.20. The fourth-order valence-electron chi connectivity index (χ4n) is 3.30. The molecule has 0 aliphatic rings. The Bertz CT molecular complexity index is 1020. The Morgan fingerprint density at radius 3 is 2.48 bits per heavy atom. The van der Waals surface area contributed by atoms with Crippen LogP contribution in [0.4, 0.5) is 5.13 Å². The van der Waals surface area contributed by atoms with Gasteiger partial charge in [0.15, 0.2) is 5.13 Å². The summed E-state index contributed by atoms with van der Waals surface area (Å²) >= 11 is 14.0. The van der Waals surface area contributed by atoms with Crippen molar-refractivity contribution in [2.24, 2.45) is 5.92 Å². The second kappa shape index (κ2) is 11.0. The van der Waals surface area contributed by atoms with Crippen LogP contribution >= 0.6 is 34.5 Å². The average Bonchev–Trinajstić information content (AvgIpc) is 3.13. The summed E-state index contributed by atoms with van der Waals surface area (Å²) in [5.74, 6) is -0.347. The molecule has 0 saturated carbocycles. The summed E-state index contributed by atoms with van der Waals surface area (Å²) in [6, 6.07) is 15.8. The second-order valence-corrected chi connectivity index (χ2v) is 9.74. The third kappa shape index (κ3) is 6.70. The van der Waals surface area contributed by atoms with Crippen molar-refractivity contribution < 1.29 is 9.90 Å². The number of rotatable bonds is 10. The number of carboxylic acid groups (broad SMARTS) is 1. The molecule has 1 heterocycles. The number of nitrogens with zero attached hydrogens (tertiary/aromatic N) is 2. The molecular weight excluding hydrogens is 451 g/mol. The van der Waals surface area contributed by atoms with Gasteiger partial charge in [0.05, 0.1) is 22.2 Å². The number of anilines is 1. The first-order valence-electron chi connectivity index (χ1n) is 10.3. The quantitative estimate of drug-likeness (QED) is 0.347. The Kier molecular flexibility index (Phi) is 8.35. The first-order chi connectivity index (χ1) is 14.8. The molecule has 0 aliphatic heterocycles. The van der Waals surface area contributed by atoms with Gasteiger partial charge in [0, 0.05) is 23.5 Å². The number of thiazole rings is 1. The molecule has 0 spiro atoms. The van der Waals surface area contributed by atoms with E-state index in [9.17, 15) is 9.90 Å². The number of aliphatic carboxylic acids is 1. The summed E-state index contributed by atoms with van der Waals surface area (Å²) in [6.07, 6.45) is 1.77. The molecule has 4 nitrogen and oxygen atoms in total. The monoisotopic (exact) mass is 476 g/mol. The molecule has 0 fully saturated rings. The first-order valence-corrected chi connectivity index (χ1v) is 11.9. The van der Waals surface area contributed by atoms with Gasteiger partial charge in [0.2, 0.25) is 0 Å². The van der Waals surface area contributed by atoms with E-state index in [1.54, 1.807) is 17.4 Å². The normalized spacial score (nSPS) is 11.1. The summed E-state index contributed by atoms with van der Waals surface area (Å²) in [6.45, 7) is 5.47. The van der Waals surface area contributed by atoms with Crippen LogP contribution in [-0.2, 0) is 17.6 Å². The van der Waals surface area contributed by atoms with Crippen LogP contribution in [0, 0.1) is 5.92 Å². The molecule has 3 rings (SSSR count). The van der Waals surface area contributed by atoms with Gasteiger partial charge < -0.3 is 10.0 Å². The standard InChI is InChI=1S/C24H26Cl2N2O2S/c1-16(2)14-21-23(18-8-9-19(25)20(26)15-18)27-24(31-21)28(13-11-22(29)30)12-10-17-6-4-3-5-7-17/h3-9,15-16H,10-14H2,1-2H3,(H,29,30). The lowest BCUT2D eigenvalue weighted by Crippen LogP contribution is -2.28. The van der Waals surface area contributed by atoms with Gasteiger partial charge in [0.1, 0.15) is 0 Å². The molecule has 0 atom stereocenters. The number of hydrogen-bond donors (Lipinski definition) is 1. The SMILES string of the molecule is CC(C)Cc1sc(N(CCC(=O)O)CCc2ccccc2)nc1-c1ccc(Cl)c(Cl)c1. The summed E-state index contributed by atoms with van der Waals surface area (Å²) < 4.78 is 0. The van der Waals surface area contributed by atoms with Crippen LogP contribution in [0.15, 0.2) is 48.5 Å². The number of halogens is 2. The molecular formula is C24H26Cl2N2O2S. The summed E-state index contributed by atoms with van der Waals surface area (Å²) in [7, 11) is 0. The fourth-order valence-corrected chi connectivity index (χ4v) is 4.94. The summed E-state index contributed by atoms with van der Waals surface area (Å²) in [4.78, 5) is 19.4. The Labute approximate surface area is 197 Å². The number of benzene rings is 2. The zero-order valence-electron chi connectivity index (χ0n) is 17.6. The summed E-state index contributed by atoms with van der Waals surface area (Å²) in [5.41, 5.74) is 3.03. The molecule has 164 valence electrons. The molecule has 0 radical (unpaired) electrons. The van der Waals surface area contributed by atoms with Crippen molar-refractivity contribution >= 4 is 45.6 Å². The van der Waals surface area contributed by atoms with E-state index in [0.29, 0.717) is 29.1 Å². The summed E-state index contributed by atoms with van der Waals surface area (Å²) in [5, 5.41) is 11.1. The molecule has 3 aromatic rings. The first kappa shape index (κ1) is 23.6. The van der Waals surface area contributed by atoms with Crippen molar-refractivity contribution in [2.75, 3.05) is 18.0 Å². The Hall–Kier alpha value is -2.08. The van der Waals surface area contributed by atoms with Crippen molar-refractivity contribution in [1.82, 2.24) is 4.98 Å². The molecule has 0 unspecified atom stereocenters. The van der Waals surface area contributed by atoms with Crippen molar-refractivity contribution in [3.8, 4) is 11.3 Å². The van der Waals surface area contributed by atoms with Crippen molar-refractivity contribution in [3.63, 3.8) is 0 Å². The van der Waals surface area contributed by atoms with E-state index in [1.165, 1.54) is 10.4 Å². The van der Waals surface area contributed by atoms with Gasteiger partial charge in [-0.3, -0.25) is 4.79 Å². The minimum Gasteiger partial charge on any atom is -0.481 e. The average molecular weight is 477 g/mol. The molecule has 0 saturated heterocycles.